The molecule has 1 amide bonds. The number of ether oxygens (including phenoxy) is 3. The van der Waals surface area contributed by atoms with E-state index in [2.05, 4.69) is 25.9 Å². The molecule has 1 unspecified atom stereocenters. The minimum atomic E-state index is -2.07. The summed E-state index contributed by atoms with van der Waals surface area (Å²) < 4.78 is 26.0. The molecule has 0 saturated carbocycles. The molecule has 1 heterocycles. The van der Waals surface area contributed by atoms with Gasteiger partial charge in [-0.25, -0.2) is 9.59 Å². The van der Waals surface area contributed by atoms with Gasteiger partial charge >= 0.3 is 12.2 Å². The first-order valence-electron chi connectivity index (χ1n) is 16.8. The molecule has 11 heteroatoms. The summed E-state index contributed by atoms with van der Waals surface area (Å²) in [6, 6.07) is 16.1. The highest BCUT2D eigenvalue weighted by molar-refractivity contribution is 6.73. The zero-order valence-corrected chi connectivity index (χ0v) is 31.3. The lowest BCUT2D eigenvalue weighted by molar-refractivity contribution is 0.0131. The number of nitrogen functional groups attached to an aromatic ring is 1. The fraction of sp³-hybridized carbons (Fsp3) is 0.583. The van der Waals surface area contributed by atoms with E-state index in [1.54, 1.807) is 11.0 Å². The van der Waals surface area contributed by atoms with Crippen molar-refractivity contribution in [1.82, 2.24) is 14.7 Å². The van der Waals surface area contributed by atoms with E-state index in [9.17, 15) is 9.59 Å². The van der Waals surface area contributed by atoms with E-state index in [1.165, 1.54) is 4.68 Å². The molecule has 0 aliphatic heterocycles. The van der Waals surface area contributed by atoms with Crippen molar-refractivity contribution < 1.29 is 28.2 Å². The molecule has 1 aromatic heterocycles. The van der Waals surface area contributed by atoms with Crippen LogP contribution in [0.5, 0.6) is 5.75 Å². The van der Waals surface area contributed by atoms with Crippen molar-refractivity contribution in [3.8, 4) is 5.75 Å². The zero-order chi connectivity index (χ0) is 35.2. The maximum absolute atomic E-state index is 13.6. The van der Waals surface area contributed by atoms with Crippen molar-refractivity contribution in [3.05, 3.63) is 53.7 Å². The fourth-order valence-electron chi connectivity index (χ4n) is 5.41. The van der Waals surface area contributed by atoms with Crippen LogP contribution in [0.2, 0.25) is 18.1 Å². The van der Waals surface area contributed by atoms with Crippen LogP contribution in [0.3, 0.4) is 0 Å². The SMILES string of the molecule is CC[Si](CC)(CC)OC(CN(CCOc1ccc2c(C(C)C)nn(C(=O)OC(C)(C)C)c2c1)C(=O)OC(C)(C)C)c1cccc(N)c1. The fourth-order valence-corrected chi connectivity index (χ4v) is 8.22. The van der Waals surface area contributed by atoms with Crippen molar-refractivity contribution in [1.29, 1.82) is 0 Å². The molecule has 0 bridgehead atoms. The van der Waals surface area contributed by atoms with Crippen LogP contribution in [0.15, 0.2) is 42.5 Å². The van der Waals surface area contributed by atoms with E-state index in [-0.39, 0.29) is 31.7 Å². The third-order valence-electron chi connectivity index (χ3n) is 8.07. The van der Waals surface area contributed by atoms with Crippen molar-refractivity contribution in [2.75, 3.05) is 25.4 Å². The molecule has 2 aromatic carbocycles. The Morgan fingerprint density at radius 1 is 0.936 bits per heavy atom. The summed E-state index contributed by atoms with van der Waals surface area (Å²) in [6.07, 6.45) is -1.39. The molecule has 0 aliphatic rings. The number of nitrogens with two attached hydrogens (primary N) is 1. The Labute approximate surface area is 282 Å². The van der Waals surface area contributed by atoms with E-state index >= 15 is 0 Å². The number of fused-ring (bicyclic) bond motifs is 1. The molecule has 0 spiro atoms. The summed E-state index contributed by atoms with van der Waals surface area (Å²) in [7, 11) is -2.07. The molecule has 0 fully saturated rings. The van der Waals surface area contributed by atoms with Gasteiger partial charge in [-0.1, -0.05) is 46.8 Å². The van der Waals surface area contributed by atoms with E-state index < -0.39 is 31.7 Å². The van der Waals surface area contributed by atoms with Gasteiger partial charge in [-0.2, -0.15) is 9.78 Å². The van der Waals surface area contributed by atoms with Crippen LogP contribution in [-0.2, 0) is 13.9 Å². The minimum absolute atomic E-state index is 0.0976. The van der Waals surface area contributed by atoms with Crippen LogP contribution in [0, 0.1) is 0 Å². The number of carbonyl (C=O) groups is 2. The summed E-state index contributed by atoms with van der Waals surface area (Å²) in [4.78, 5) is 28.3. The summed E-state index contributed by atoms with van der Waals surface area (Å²) in [6.45, 7) is 22.3. The number of aromatic nitrogens is 2. The number of benzene rings is 2. The van der Waals surface area contributed by atoms with Crippen molar-refractivity contribution in [3.63, 3.8) is 0 Å². The monoisotopic (exact) mass is 668 g/mol. The van der Waals surface area contributed by atoms with Crippen LogP contribution in [-0.4, -0.2) is 66.1 Å². The Hall–Kier alpha value is -3.57. The second-order valence-electron chi connectivity index (χ2n) is 14.4. The van der Waals surface area contributed by atoms with Crippen molar-refractivity contribution >= 4 is 37.1 Å². The molecule has 47 heavy (non-hydrogen) atoms. The maximum Gasteiger partial charge on any atom is 0.435 e. The van der Waals surface area contributed by atoms with Crippen LogP contribution < -0.4 is 10.5 Å². The minimum Gasteiger partial charge on any atom is -0.492 e. The Morgan fingerprint density at radius 2 is 1.57 bits per heavy atom. The summed E-state index contributed by atoms with van der Waals surface area (Å²) in [5.41, 5.74) is 7.79. The average Bonchev–Trinajstić information content (AvgIpc) is 3.36. The van der Waals surface area contributed by atoms with Gasteiger partial charge in [0.1, 0.15) is 23.6 Å². The summed E-state index contributed by atoms with van der Waals surface area (Å²) >= 11 is 0. The first-order valence-corrected chi connectivity index (χ1v) is 19.3. The number of hydrogen-bond acceptors (Lipinski definition) is 8. The smallest absolute Gasteiger partial charge is 0.435 e. The number of hydrogen-bond donors (Lipinski definition) is 1. The molecule has 1 atom stereocenters. The zero-order valence-electron chi connectivity index (χ0n) is 30.3. The number of carbonyl (C=O) groups excluding carboxylic acids is 2. The number of nitrogens with zero attached hydrogens (tertiary/aromatic N) is 3. The van der Waals surface area contributed by atoms with Gasteiger partial charge in [0, 0.05) is 17.1 Å². The predicted molar refractivity (Wildman–Crippen MR) is 191 cm³/mol. The Bertz CT molecular complexity index is 1500. The lowest BCUT2D eigenvalue weighted by Gasteiger charge is -2.36. The van der Waals surface area contributed by atoms with Gasteiger partial charge in [-0.3, -0.25) is 0 Å². The number of rotatable bonds is 13. The molecular formula is C36H56N4O6Si. The normalized spacial score (nSPS) is 13.1. The molecule has 2 N–H and O–H groups in total. The first kappa shape index (κ1) is 37.9. The number of anilines is 1. The Balaban J connectivity index is 1.91. The molecule has 3 rings (SSSR count). The highest BCUT2D eigenvalue weighted by Gasteiger charge is 2.35. The number of amides is 1. The van der Waals surface area contributed by atoms with Crippen LogP contribution in [0.25, 0.3) is 10.9 Å². The van der Waals surface area contributed by atoms with E-state index in [0.717, 1.165) is 34.8 Å². The molecule has 0 saturated heterocycles. The van der Waals surface area contributed by atoms with Gasteiger partial charge in [0.15, 0.2) is 8.32 Å². The molecular weight excluding hydrogens is 613 g/mol. The lowest BCUT2D eigenvalue weighted by atomic mass is 10.1. The quantitative estimate of drug-likeness (QED) is 0.142. The van der Waals surface area contributed by atoms with Crippen molar-refractivity contribution in [2.45, 2.75) is 118 Å². The largest absolute Gasteiger partial charge is 0.492 e. The molecule has 10 nitrogen and oxygen atoms in total. The van der Waals surface area contributed by atoms with Gasteiger partial charge in [0.25, 0.3) is 0 Å². The highest BCUT2D eigenvalue weighted by atomic mass is 28.4. The predicted octanol–water partition coefficient (Wildman–Crippen LogP) is 8.90. The Morgan fingerprint density at radius 3 is 2.13 bits per heavy atom. The third-order valence-corrected chi connectivity index (χ3v) is 12.7. The van der Waals surface area contributed by atoms with E-state index in [0.29, 0.717) is 17.0 Å². The lowest BCUT2D eigenvalue weighted by Crippen LogP contribution is -2.45. The van der Waals surface area contributed by atoms with E-state index in [1.807, 2.05) is 91.8 Å². The second kappa shape index (κ2) is 15.6. The molecule has 260 valence electrons. The van der Waals surface area contributed by atoms with Crippen LogP contribution in [0.4, 0.5) is 15.3 Å². The third kappa shape index (κ3) is 10.5. The summed E-state index contributed by atoms with van der Waals surface area (Å²) in [5.74, 6) is 0.639. The molecule has 3 aromatic rings. The topological polar surface area (TPSA) is 118 Å². The van der Waals surface area contributed by atoms with Crippen LogP contribution in [0.1, 0.15) is 99.4 Å². The van der Waals surface area contributed by atoms with Gasteiger partial charge < -0.3 is 29.3 Å². The van der Waals surface area contributed by atoms with Crippen LogP contribution >= 0.6 is 0 Å². The standard InChI is InChI=1S/C36H56N4O6Si/c1-12-47(13-2,14-3)46-31(26-16-15-17-27(37)22-26)24-39(33(41)44-35(6,7)8)20-21-43-28-18-19-29-30(23-28)40(38-32(29)25(4)5)34(42)45-36(9,10)11/h15-19,22-23,25,31H,12-14,20-21,24,37H2,1-11H3. The van der Waals surface area contributed by atoms with Crippen molar-refractivity contribution in [2.24, 2.45) is 0 Å². The molecule has 0 radical (unpaired) electrons. The molecule has 0 aliphatic carbocycles. The maximum atomic E-state index is 13.6. The second-order valence-corrected chi connectivity index (χ2v) is 19.1. The highest BCUT2D eigenvalue weighted by Crippen LogP contribution is 2.32. The van der Waals surface area contributed by atoms with E-state index in [4.69, 9.17) is 24.4 Å². The Kier molecular flexibility index (Phi) is 12.5. The van der Waals surface area contributed by atoms with Gasteiger partial charge in [-0.15, -0.1) is 0 Å². The average molecular weight is 669 g/mol. The van der Waals surface area contributed by atoms with Gasteiger partial charge in [0.05, 0.1) is 30.4 Å². The van der Waals surface area contributed by atoms with Gasteiger partial charge in [-0.05, 0) is 95.4 Å². The van der Waals surface area contributed by atoms with Gasteiger partial charge in [0.2, 0.25) is 0 Å². The first-order chi connectivity index (χ1) is 21.9. The summed E-state index contributed by atoms with van der Waals surface area (Å²) in [5, 5.41) is 5.45.